The fourth-order valence-electron chi connectivity index (χ4n) is 2.92. The third kappa shape index (κ3) is 6.31. The van der Waals surface area contributed by atoms with E-state index in [0.29, 0.717) is 12.5 Å². The molecule has 1 atom stereocenters. The summed E-state index contributed by atoms with van der Waals surface area (Å²) >= 11 is 0. The number of nitrogens with zero attached hydrogens (tertiary/aromatic N) is 1. The van der Waals surface area contributed by atoms with Crippen LogP contribution < -0.4 is 14.8 Å². The van der Waals surface area contributed by atoms with Gasteiger partial charge in [-0.3, -0.25) is 4.98 Å². The number of benzene rings is 2. The largest absolute Gasteiger partial charge is 0.493 e. The molecule has 0 aliphatic rings. The zero-order valence-corrected chi connectivity index (χ0v) is 16.6. The highest BCUT2D eigenvalue weighted by Crippen LogP contribution is 2.24. The van der Waals surface area contributed by atoms with Gasteiger partial charge >= 0.3 is 0 Å². The van der Waals surface area contributed by atoms with Gasteiger partial charge in [0.05, 0.1) is 12.3 Å². The zero-order chi connectivity index (χ0) is 19.6. The van der Waals surface area contributed by atoms with Crippen molar-refractivity contribution < 1.29 is 9.47 Å². The second-order valence-corrected chi connectivity index (χ2v) is 6.99. The lowest BCUT2D eigenvalue weighted by atomic mass is 10.1. The molecule has 0 amide bonds. The molecule has 1 unspecified atom stereocenters. The Morgan fingerprint density at radius 3 is 2.50 bits per heavy atom. The standard InChI is InChI=1S/C24H28N2O2/c1-3-7-19(2)17-27-24-10-6-9-21(16-24)26-20-11-13-23(14-12-20)28-18-22-8-4-5-15-25-22/h4-6,8-16,19,26H,3,7,17-18H2,1-2H3. The maximum Gasteiger partial charge on any atom is 0.130 e. The number of hydrogen-bond acceptors (Lipinski definition) is 4. The summed E-state index contributed by atoms with van der Waals surface area (Å²) in [5.41, 5.74) is 2.92. The topological polar surface area (TPSA) is 43.4 Å². The van der Waals surface area contributed by atoms with Crippen LogP contribution in [0.25, 0.3) is 0 Å². The van der Waals surface area contributed by atoms with Crippen molar-refractivity contribution in [2.45, 2.75) is 33.3 Å². The predicted octanol–water partition coefficient (Wildman–Crippen LogP) is 6.22. The van der Waals surface area contributed by atoms with Crippen molar-refractivity contribution in [3.8, 4) is 11.5 Å². The monoisotopic (exact) mass is 376 g/mol. The number of aromatic nitrogens is 1. The molecule has 1 heterocycles. The Bertz CT molecular complexity index is 835. The van der Waals surface area contributed by atoms with Gasteiger partial charge in [-0.25, -0.2) is 0 Å². The highest BCUT2D eigenvalue weighted by molar-refractivity contribution is 5.61. The summed E-state index contributed by atoms with van der Waals surface area (Å²) in [4.78, 5) is 4.26. The first-order valence-corrected chi connectivity index (χ1v) is 9.85. The quantitative estimate of drug-likeness (QED) is 0.456. The summed E-state index contributed by atoms with van der Waals surface area (Å²) in [6, 6.07) is 21.8. The fraction of sp³-hybridized carbons (Fsp3) is 0.292. The molecule has 0 aliphatic heterocycles. The molecule has 0 aliphatic carbocycles. The Morgan fingerprint density at radius 2 is 1.75 bits per heavy atom. The van der Waals surface area contributed by atoms with Crippen LogP contribution in [0.4, 0.5) is 11.4 Å². The smallest absolute Gasteiger partial charge is 0.130 e. The summed E-state index contributed by atoms with van der Waals surface area (Å²) < 4.78 is 11.7. The van der Waals surface area contributed by atoms with Crippen molar-refractivity contribution in [3.05, 3.63) is 78.6 Å². The molecule has 1 aromatic heterocycles. The lowest BCUT2D eigenvalue weighted by molar-refractivity contribution is 0.251. The minimum absolute atomic E-state index is 0.462. The molecule has 4 heteroatoms. The number of pyridine rings is 1. The van der Waals surface area contributed by atoms with E-state index in [1.54, 1.807) is 6.20 Å². The minimum Gasteiger partial charge on any atom is -0.493 e. The average Bonchev–Trinajstić information content (AvgIpc) is 2.73. The van der Waals surface area contributed by atoms with Gasteiger partial charge in [-0.2, -0.15) is 0 Å². The highest BCUT2D eigenvalue weighted by Gasteiger charge is 2.04. The summed E-state index contributed by atoms with van der Waals surface area (Å²) in [5, 5.41) is 3.41. The summed E-state index contributed by atoms with van der Waals surface area (Å²) in [6.07, 6.45) is 4.15. The van der Waals surface area contributed by atoms with Crippen LogP contribution in [-0.2, 0) is 6.61 Å². The van der Waals surface area contributed by atoms with Gasteiger partial charge < -0.3 is 14.8 Å². The second-order valence-electron chi connectivity index (χ2n) is 6.99. The van der Waals surface area contributed by atoms with Gasteiger partial charge in [0.1, 0.15) is 18.1 Å². The number of hydrogen-bond donors (Lipinski definition) is 1. The van der Waals surface area contributed by atoms with E-state index < -0.39 is 0 Å². The van der Waals surface area contributed by atoms with Gasteiger partial charge in [-0.1, -0.05) is 32.4 Å². The van der Waals surface area contributed by atoms with Crippen LogP contribution in [0, 0.1) is 5.92 Å². The van der Waals surface area contributed by atoms with Crippen LogP contribution in [0.3, 0.4) is 0 Å². The van der Waals surface area contributed by atoms with E-state index in [0.717, 1.165) is 35.2 Å². The number of rotatable bonds is 10. The van der Waals surface area contributed by atoms with E-state index in [9.17, 15) is 0 Å². The lowest BCUT2D eigenvalue weighted by Crippen LogP contribution is -2.08. The van der Waals surface area contributed by atoms with E-state index >= 15 is 0 Å². The van der Waals surface area contributed by atoms with Gasteiger partial charge in [0.2, 0.25) is 0 Å². The Labute approximate surface area is 167 Å². The second kappa shape index (κ2) is 10.4. The van der Waals surface area contributed by atoms with Gasteiger partial charge in [0.25, 0.3) is 0 Å². The van der Waals surface area contributed by atoms with Crippen molar-refractivity contribution in [1.29, 1.82) is 0 Å². The van der Waals surface area contributed by atoms with E-state index in [1.165, 1.54) is 12.8 Å². The Kier molecular flexibility index (Phi) is 7.30. The molecule has 0 fully saturated rings. The average molecular weight is 377 g/mol. The van der Waals surface area contributed by atoms with Crippen LogP contribution in [0.1, 0.15) is 32.4 Å². The van der Waals surface area contributed by atoms with E-state index in [4.69, 9.17) is 9.47 Å². The summed E-state index contributed by atoms with van der Waals surface area (Å²) in [5.74, 6) is 2.28. The van der Waals surface area contributed by atoms with E-state index in [1.807, 2.05) is 66.7 Å². The normalized spacial score (nSPS) is 11.6. The molecule has 4 nitrogen and oxygen atoms in total. The van der Waals surface area contributed by atoms with Crippen molar-refractivity contribution in [2.24, 2.45) is 5.92 Å². The molecule has 146 valence electrons. The van der Waals surface area contributed by atoms with Crippen molar-refractivity contribution in [3.63, 3.8) is 0 Å². The molecule has 2 aromatic carbocycles. The number of ether oxygens (including phenoxy) is 2. The van der Waals surface area contributed by atoms with Crippen molar-refractivity contribution in [2.75, 3.05) is 11.9 Å². The number of nitrogens with one attached hydrogen (secondary N) is 1. The molecule has 0 saturated heterocycles. The Hall–Kier alpha value is -3.01. The van der Waals surface area contributed by atoms with Crippen LogP contribution in [-0.4, -0.2) is 11.6 Å². The summed E-state index contributed by atoms with van der Waals surface area (Å²) in [6.45, 7) is 5.64. The first kappa shape index (κ1) is 19.7. The molecule has 0 radical (unpaired) electrons. The van der Waals surface area contributed by atoms with Crippen LogP contribution >= 0.6 is 0 Å². The molecular weight excluding hydrogens is 348 g/mol. The Morgan fingerprint density at radius 1 is 0.893 bits per heavy atom. The third-order valence-electron chi connectivity index (χ3n) is 4.41. The molecule has 3 aromatic rings. The first-order valence-electron chi connectivity index (χ1n) is 9.85. The molecule has 28 heavy (non-hydrogen) atoms. The van der Waals surface area contributed by atoms with Crippen LogP contribution in [0.15, 0.2) is 72.9 Å². The molecular formula is C24H28N2O2. The Balaban J connectivity index is 1.53. The van der Waals surface area contributed by atoms with Crippen LogP contribution in [0.2, 0.25) is 0 Å². The molecule has 0 bridgehead atoms. The third-order valence-corrected chi connectivity index (χ3v) is 4.41. The summed E-state index contributed by atoms with van der Waals surface area (Å²) in [7, 11) is 0. The fourth-order valence-corrected chi connectivity index (χ4v) is 2.92. The van der Waals surface area contributed by atoms with Gasteiger partial charge in [-0.15, -0.1) is 0 Å². The predicted molar refractivity (Wildman–Crippen MR) is 114 cm³/mol. The van der Waals surface area contributed by atoms with E-state index in [2.05, 4.69) is 24.1 Å². The van der Waals surface area contributed by atoms with E-state index in [-0.39, 0.29) is 0 Å². The lowest BCUT2D eigenvalue weighted by Gasteiger charge is -2.13. The number of anilines is 2. The maximum absolute atomic E-state index is 5.93. The first-order chi connectivity index (χ1) is 13.7. The van der Waals surface area contributed by atoms with Crippen LogP contribution in [0.5, 0.6) is 11.5 Å². The van der Waals surface area contributed by atoms with Crippen molar-refractivity contribution >= 4 is 11.4 Å². The van der Waals surface area contributed by atoms with Crippen molar-refractivity contribution in [1.82, 2.24) is 4.98 Å². The molecule has 1 N–H and O–H groups in total. The molecule has 3 rings (SSSR count). The molecule has 0 saturated carbocycles. The van der Waals surface area contributed by atoms with Gasteiger partial charge in [0.15, 0.2) is 0 Å². The van der Waals surface area contributed by atoms with Gasteiger partial charge in [0, 0.05) is 23.6 Å². The SMILES string of the molecule is CCCC(C)COc1cccc(Nc2ccc(OCc3ccccn3)cc2)c1. The highest BCUT2D eigenvalue weighted by atomic mass is 16.5. The zero-order valence-electron chi connectivity index (χ0n) is 16.6. The maximum atomic E-state index is 5.93. The van der Waals surface area contributed by atoms with Gasteiger partial charge in [-0.05, 0) is 60.9 Å². The minimum atomic E-state index is 0.462. The molecule has 0 spiro atoms.